The van der Waals surface area contributed by atoms with E-state index < -0.39 is 12.3 Å². The summed E-state index contributed by atoms with van der Waals surface area (Å²) in [7, 11) is 0. The first-order valence-corrected chi connectivity index (χ1v) is 10.3. The molecule has 0 saturated carbocycles. The maximum atomic E-state index is 12.6. The highest BCUT2D eigenvalue weighted by Crippen LogP contribution is 2.32. The average molecular weight is 488 g/mol. The van der Waals surface area contributed by atoms with Crippen LogP contribution in [0.1, 0.15) is 17.2 Å². The number of aliphatic hydroxyl groups excluding tert-OH is 1. The zero-order chi connectivity index (χ0) is 21.2. The van der Waals surface area contributed by atoms with Gasteiger partial charge in [-0.2, -0.15) is 13.2 Å². The summed E-state index contributed by atoms with van der Waals surface area (Å²) >= 11 is 8.94. The summed E-state index contributed by atoms with van der Waals surface area (Å²) in [5.74, 6) is 0. The van der Waals surface area contributed by atoms with Crippen LogP contribution in [0.2, 0.25) is 0 Å². The van der Waals surface area contributed by atoms with Crippen molar-refractivity contribution in [1.29, 1.82) is 0 Å². The Labute approximate surface area is 181 Å². The molecule has 3 rings (SSSR count). The highest BCUT2D eigenvalue weighted by molar-refractivity contribution is 9.10. The second-order valence-electron chi connectivity index (χ2n) is 6.90. The number of rotatable bonds is 3. The van der Waals surface area contributed by atoms with Gasteiger partial charge < -0.3 is 20.2 Å². The third-order valence-electron chi connectivity index (χ3n) is 4.85. The van der Waals surface area contributed by atoms with Gasteiger partial charge in [-0.05, 0) is 60.6 Å². The van der Waals surface area contributed by atoms with E-state index in [1.165, 1.54) is 35.5 Å². The van der Waals surface area contributed by atoms with Crippen LogP contribution in [0.15, 0.2) is 46.9 Å². The molecular formula is C20H21BrF3N3OS. The number of anilines is 2. The fourth-order valence-corrected chi connectivity index (χ4v) is 4.04. The molecule has 0 radical (unpaired) electrons. The van der Waals surface area contributed by atoms with Crippen molar-refractivity contribution in [3.05, 3.63) is 58.1 Å². The molecule has 1 aliphatic rings. The van der Waals surface area contributed by atoms with E-state index in [0.29, 0.717) is 10.8 Å². The Hall–Kier alpha value is -1.84. The number of benzene rings is 2. The number of halogens is 4. The first kappa shape index (κ1) is 21.9. The van der Waals surface area contributed by atoms with Crippen LogP contribution in [0.5, 0.6) is 0 Å². The molecule has 0 aliphatic carbocycles. The summed E-state index contributed by atoms with van der Waals surface area (Å²) in [5.41, 5.74) is 2.78. The topological polar surface area (TPSA) is 38.7 Å². The predicted octanol–water partition coefficient (Wildman–Crippen LogP) is 4.87. The number of alkyl halides is 3. The summed E-state index contributed by atoms with van der Waals surface area (Å²) in [6, 6.07) is 11.7. The van der Waals surface area contributed by atoms with Crippen molar-refractivity contribution in [3.63, 3.8) is 0 Å². The molecule has 1 aliphatic heterocycles. The average Bonchev–Trinajstić information content (AvgIpc) is 2.67. The molecule has 2 N–H and O–H groups in total. The summed E-state index contributed by atoms with van der Waals surface area (Å²) in [6.45, 7) is 5.21. The van der Waals surface area contributed by atoms with Crippen LogP contribution in [0.25, 0.3) is 0 Å². The lowest BCUT2D eigenvalue weighted by molar-refractivity contribution is -0.206. The number of aliphatic hydroxyl groups is 1. The monoisotopic (exact) mass is 487 g/mol. The third-order valence-corrected chi connectivity index (χ3v) is 5.71. The van der Waals surface area contributed by atoms with Gasteiger partial charge in [-0.1, -0.05) is 28.1 Å². The maximum Gasteiger partial charge on any atom is 0.418 e. The first-order valence-electron chi connectivity index (χ1n) is 9.07. The van der Waals surface area contributed by atoms with E-state index in [2.05, 4.69) is 45.2 Å². The standard InChI is InChI=1S/C20H21BrF3N3OS/c1-13-12-15(21)4-7-17(13)26-8-10-27(11-9-26)19(29)25-16-5-2-14(3-6-16)18(28)20(22,23)24/h2-7,12,18,28H,8-11H2,1H3,(H,25,29). The minimum atomic E-state index is -4.68. The van der Waals surface area contributed by atoms with E-state index in [1.807, 2.05) is 11.0 Å². The molecule has 156 valence electrons. The highest BCUT2D eigenvalue weighted by Gasteiger charge is 2.39. The summed E-state index contributed by atoms with van der Waals surface area (Å²) < 4.78 is 38.8. The van der Waals surface area contributed by atoms with Gasteiger partial charge in [-0.3, -0.25) is 0 Å². The van der Waals surface area contributed by atoms with E-state index in [9.17, 15) is 18.3 Å². The summed E-state index contributed by atoms with van der Waals surface area (Å²) in [5, 5.41) is 12.9. The highest BCUT2D eigenvalue weighted by atomic mass is 79.9. The van der Waals surface area contributed by atoms with Crippen LogP contribution in [-0.4, -0.2) is 47.5 Å². The van der Waals surface area contributed by atoms with Crippen LogP contribution in [-0.2, 0) is 0 Å². The van der Waals surface area contributed by atoms with Crippen molar-refractivity contribution in [1.82, 2.24) is 4.90 Å². The van der Waals surface area contributed by atoms with Crippen LogP contribution < -0.4 is 10.2 Å². The van der Waals surface area contributed by atoms with E-state index in [0.717, 1.165) is 30.7 Å². The van der Waals surface area contributed by atoms with Gasteiger partial charge >= 0.3 is 6.18 Å². The number of nitrogens with zero attached hydrogens (tertiary/aromatic N) is 2. The van der Waals surface area contributed by atoms with Gasteiger partial charge in [-0.15, -0.1) is 0 Å². The first-order chi connectivity index (χ1) is 13.6. The molecule has 1 unspecified atom stereocenters. The Morgan fingerprint density at radius 1 is 1.10 bits per heavy atom. The van der Waals surface area contributed by atoms with Gasteiger partial charge in [0.05, 0.1) is 0 Å². The number of aryl methyl sites for hydroxylation is 1. The summed E-state index contributed by atoms with van der Waals surface area (Å²) in [6.07, 6.45) is -7.17. The van der Waals surface area contributed by atoms with Crippen molar-refractivity contribution >= 4 is 44.6 Å². The molecule has 4 nitrogen and oxygen atoms in total. The third kappa shape index (κ3) is 5.40. The molecule has 0 aromatic heterocycles. The Morgan fingerprint density at radius 3 is 2.28 bits per heavy atom. The molecule has 1 fully saturated rings. The predicted molar refractivity (Wildman–Crippen MR) is 116 cm³/mol. The molecule has 1 saturated heterocycles. The van der Waals surface area contributed by atoms with Crippen molar-refractivity contribution < 1.29 is 18.3 Å². The fourth-order valence-electron chi connectivity index (χ4n) is 3.26. The minimum Gasteiger partial charge on any atom is -0.379 e. The molecule has 1 atom stereocenters. The normalized spacial score (nSPS) is 15.9. The zero-order valence-corrected chi connectivity index (χ0v) is 18.1. The molecule has 2 aromatic rings. The van der Waals surface area contributed by atoms with Gasteiger partial charge in [0.15, 0.2) is 11.2 Å². The fraction of sp³-hybridized carbons (Fsp3) is 0.350. The van der Waals surface area contributed by atoms with Crippen LogP contribution in [0.3, 0.4) is 0 Å². The van der Waals surface area contributed by atoms with E-state index in [1.54, 1.807) is 0 Å². The molecule has 9 heteroatoms. The zero-order valence-electron chi connectivity index (χ0n) is 15.7. The number of thiocarbonyl (C=S) groups is 1. The molecule has 2 aromatic carbocycles. The Morgan fingerprint density at radius 2 is 1.72 bits per heavy atom. The van der Waals surface area contributed by atoms with Crippen molar-refractivity contribution in [2.75, 3.05) is 36.4 Å². The minimum absolute atomic E-state index is 0.201. The molecule has 0 spiro atoms. The lowest BCUT2D eigenvalue weighted by atomic mass is 10.1. The maximum absolute atomic E-state index is 12.6. The van der Waals surface area contributed by atoms with E-state index >= 15 is 0 Å². The largest absolute Gasteiger partial charge is 0.418 e. The van der Waals surface area contributed by atoms with Crippen LogP contribution in [0.4, 0.5) is 24.5 Å². The number of hydrogen-bond donors (Lipinski definition) is 2. The Kier molecular flexibility index (Phi) is 6.70. The van der Waals surface area contributed by atoms with Crippen molar-refractivity contribution in [3.8, 4) is 0 Å². The second-order valence-corrected chi connectivity index (χ2v) is 8.20. The number of piperazine rings is 1. The molecule has 0 bridgehead atoms. The lowest BCUT2D eigenvalue weighted by Crippen LogP contribution is -2.50. The molecular weight excluding hydrogens is 467 g/mol. The molecule has 1 heterocycles. The second kappa shape index (κ2) is 8.89. The van der Waals surface area contributed by atoms with E-state index in [4.69, 9.17) is 12.2 Å². The smallest absolute Gasteiger partial charge is 0.379 e. The quantitative estimate of drug-likeness (QED) is 0.604. The molecule has 29 heavy (non-hydrogen) atoms. The Bertz CT molecular complexity index is 868. The Balaban J connectivity index is 1.56. The van der Waals surface area contributed by atoms with Gasteiger partial charge in [0, 0.05) is 42.0 Å². The summed E-state index contributed by atoms with van der Waals surface area (Å²) in [4.78, 5) is 4.35. The number of nitrogens with one attached hydrogen (secondary N) is 1. The molecule has 0 amide bonds. The lowest BCUT2D eigenvalue weighted by Gasteiger charge is -2.38. The van der Waals surface area contributed by atoms with Crippen LogP contribution >= 0.6 is 28.1 Å². The number of hydrogen-bond acceptors (Lipinski definition) is 3. The van der Waals surface area contributed by atoms with Gasteiger partial charge in [0.1, 0.15) is 0 Å². The van der Waals surface area contributed by atoms with Crippen molar-refractivity contribution in [2.45, 2.75) is 19.2 Å². The van der Waals surface area contributed by atoms with E-state index in [-0.39, 0.29) is 5.56 Å². The van der Waals surface area contributed by atoms with Gasteiger partial charge in [0.25, 0.3) is 0 Å². The van der Waals surface area contributed by atoms with Crippen molar-refractivity contribution in [2.24, 2.45) is 0 Å². The van der Waals surface area contributed by atoms with Crippen LogP contribution in [0, 0.1) is 6.92 Å². The van der Waals surface area contributed by atoms with Gasteiger partial charge in [0.2, 0.25) is 0 Å². The SMILES string of the molecule is Cc1cc(Br)ccc1N1CCN(C(=S)Nc2ccc(C(O)C(F)(F)F)cc2)CC1. The van der Waals surface area contributed by atoms with Gasteiger partial charge in [-0.25, -0.2) is 0 Å².